The summed E-state index contributed by atoms with van der Waals surface area (Å²) in [5, 5.41) is 15.3. The number of benzene rings is 1. The van der Waals surface area contributed by atoms with Crippen molar-refractivity contribution in [3.63, 3.8) is 0 Å². The smallest absolute Gasteiger partial charge is 0.261 e. The summed E-state index contributed by atoms with van der Waals surface area (Å²) >= 11 is 7.09. The molecule has 0 saturated carbocycles. The highest BCUT2D eigenvalue weighted by molar-refractivity contribution is 7.17. The fourth-order valence-electron chi connectivity index (χ4n) is 3.39. The van der Waals surface area contributed by atoms with Gasteiger partial charge in [0.1, 0.15) is 17.3 Å². The van der Waals surface area contributed by atoms with Gasteiger partial charge in [0.05, 0.1) is 22.9 Å². The average Bonchev–Trinajstić information content (AvgIpc) is 3.52. The first-order chi connectivity index (χ1) is 14.5. The molecule has 0 bridgehead atoms. The number of hydrogen-bond acceptors (Lipinski definition) is 6. The minimum atomic E-state index is -0.216. The summed E-state index contributed by atoms with van der Waals surface area (Å²) in [5.74, 6) is 1.44. The number of rotatable bonds is 6. The van der Waals surface area contributed by atoms with Crippen LogP contribution in [0.4, 0.5) is 0 Å². The molecule has 1 saturated heterocycles. The van der Waals surface area contributed by atoms with E-state index < -0.39 is 0 Å². The first kappa shape index (κ1) is 20.4. The number of carbonyl (C=O) groups is 1. The maximum atomic E-state index is 12.2. The van der Waals surface area contributed by atoms with Crippen LogP contribution in [-0.2, 0) is 6.54 Å². The zero-order valence-corrected chi connectivity index (χ0v) is 18.0. The predicted molar refractivity (Wildman–Crippen MR) is 117 cm³/mol. The van der Waals surface area contributed by atoms with Crippen molar-refractivity contribution in [2.45, 2.75) is 19.4 Å². The Bertz CT molecular complexity index is 1070. The molecule has 3 heterocycles. The largest absolute Gasteiger partial charge is 0.496 e. The van der Waals surface area contributed by atoms with Crippen LogP contribution in [0.3, 0.4) is 0 Å². The van der Waals surface area contributed by atoms with Crippen molar-refractivity contribution in [2.75, 3.05) is 20.2 Å². The molecule has 0 atom stereocenters. The highest BCUT2D eigenvalue weighted by Crippen LogP contribution is 2.31. The van der Waals surface area contributed by atoms with Crippen molar-refractivity contribution in [2.24, 2.45) is 0 Å². The topological polar surface area (TPSA) is 91.5 Å². The lowest BCUT2D eigenvalue weighted by Crippen LogP contribution is -2.27. The van der Waals surface area contributed by atoms with Crippen molar-refractivity contribution < 1.29 is 14.1 Å². The molecule has 2 N–H and O–H groups in total. The van der Waals surface area contributed by atoms with Gasteiger partial charge >= 0.3 is 0 Å². The molecule has 0 radical (unpaired) electrons. The summed E-state index contributed by atoms with van der Waals surface area (Å²) in [6.07, 6.45) is 2.24. The molecular weight excluding hydrogens is 424 g/mol. The van der Waals surface area contributed by atoms with Gasteiger partial charge in [-0.2, -0.15) is 0 Å². The molecule has 1 aliphatic rings. The van der Waals surface area contributed by atoms with Crippen molar-refractivity contribution in [3.8, 4) is 17.0 Å². The van der Waals surface area contributed by atoms with Crippen LogP contribution in [0.5, 0.6) is 5.75 Å². The SMILES string of the molecule is COc1cc(C(=N)N2CCCC2)ccc1-c1cc(CNC(=O)c2ccc(Cl)s2)on1. The molecule has 7 nitrogen and oxygen atoms in total. The third-order valence-electron chi connectivity index (χ3n) is 4.95. The standard InChI is InChI=1S/C21H21ClN4O3S/c1-28-17-10-13(20(23)26-8-2-3-9-26)4-5-15(17)16-11-14(29-25-16)12-24-21(27)18-6-7-19(22)30-18/h4-7,10-11,23H,2-3,8-9,12H2,1H3,(H,24,27). The highest BCUT2D eigenvalue weighted by Gasteiger charge is 2.19. The molecule has 2 aromatic heterocycles. The number of carbonyl (C=O) groups excluding carboxylic acids is 1. The average molecular weight is 445 g/mol. The van der Waals surface area contributed by atoms with E-state index in [4.69, 9.17) is 26.3 Å². The Kier molecular flexibility index (Phi) is 6.06. The number of likely N-dealkylation sites (tertiary alicyclic amines) is 1. The maximum absolute atomic E-state index is 12.2. The first-order valence-corrected chi connectivity index (χ1v) is 10.8. The molecule has 1 amide bonds. The fraction of sp³-hybridized carbons (Fsp3) is 0.286. The number of methoxy groups -OCH3 is 1. The number of amides is 1. The second-order valence-electron chi connectivity index (χ2n) is 6.92. The molecule has 4 rings (SSSR count). The summed E-state index contributed by atoms with van der Waals surface area (Å²) in [5.41, 5.74) is 2.18. The Labute approximate surface area is 183 Å². The summed E-state index contributed by atoms with van der Waals surface area (Å²) < 4.78 is 11.5. The summed E-state index contributed by atoms with van der Waals surface area (Å²) in [6, 6.07) is 10.8. The van der Waals surface area contributed by atoms with Crippen LogP contribution >= 0.6 is 22.9 Å². The van der Waals surface area contributed by atoms with E-state index in [9.17, 15) is 4.79 Å². The lowest BCUT2D eigenvalue weighted by Gasteiger charge is -2.19. The number of nitrogens with one attached hydrogen (secondary N) is 2. The van der Waals surface area contributed by atoms with Crippen molar-refractivity contribution in [1.29, 1.82) is 5.41 Å². The van der Waals surface area contributed by atoms with Crippen LogP contribution in [0.2, 0.25) is 4.34 Å². The lowest BCUT2D eigenvalue weighted by atomic mass is 10.1. The highest BCUT2D eigenvalue weighted by atomic mass is 35.5. The van der Waals surface area contributed by atoms with Crippen molar-refractivity contribution >= 4 is 34.7 Å². The molecule has 1 aromatic carbocycles. The van der Waals surface area contributed by atoms with E-state index in [1.807, 2.05) is 18.2 Å². The number of nitrogens with zero attached hydrogens (tertiary/aromatic N) is 2. The normalized spacial score (nSPS) is 13.5. The second-order valence-corrected chi connectivity index (χ2v) is 8.64. The minimum Gasteiger partial charge on any atom is -0.496 e. The summed E-state index contributed by atoms with van der Waals surface area (Å²) in [6.45, 7) is 2.04. The second kappa shape index (κ2) is 8.89. The molecule has 9 heteroatoms. The first-order valence-electron chi connectivity index (χ1n) is 9.56. The van der Waals surface area contributed by atoms with Gasteiger partial charge in [0, 0.05) is 30.3 Å². The van der Waals surface area contributed by atoms with Gasteiger partial charge in [-0.25, -0.2) is 0 Å². The Hall–Kier alpha value is -2.84. The van der Waals surface area contributed by atoms with Gasteiger partial charge in [-0.15, -0.1) is 11.3 Å². The Morgan fingerprint density at radius 2 is 2.10 bits per heavy atom. The van der Waals surface area contributed by atoms with E-state index in [2.05, 4.69) is 15.4 Å². The molecule has 0 spiro atoms. The fourth-order valence-corrected chi connectivity index (χ4v) is 4.35. The van der Waals surface area contributed by atoms with Crippen LogP contribution in [-0.4, -0.2) is 42.0 Å². The Morgan fingerprint density at radius 1 is 1.30 bits per heavy atom. The van der Waals surface area contributed by atoms with Gasteiger partial charge < -0.3 is 19.5 Å². The molecule has 3 aromatic rings. The van der Waals surface area contributed by atoms with Gasteiger partial charge in [0.15, 0.2) is 5.76 Å². The number of ether oxygens (including phenoxy) is 1. The van der Waals surface area contributed by atoms with Crippen molar-refractivity contribution in [3.05, 3.63) is 56.9 Å². The maximum Gasteiger partial charge on any atom is 0.261 e. The zero-order valence-electron chi connectivity index (χ0n) is 16.4. The van der Waals surface area contributed by atoms with E-state index in [-0.39, 0.29) is 12.5 Å². The van der Waals surface area contributed by atoms with E-state index in [0.29, 0.717) is 32.3 Å². The molecule has 0 aliphatic carbocycles. The number of amidine groups is 1. The Balaban J connectivity index is 1.46. The van der Waals surface area contributed by atoms with E-state index in [1.54, 1.807) is 25.3 Å². The zero-order chi connectivity index (χ0) is 21.1. The van der Waals surface area contributed by atoms with Crippen LogP contribution in [0.25, 0.3) is 11.3 Å². The minimum absolute atomic E-state index is 0.210. The van der Waals surface area contributed by atoms with Crippen LogP contribution in [0.15, 0.2) is 40.9 Å². The molecule has 0 unspecified atom stereocenters. The third kappa shape index (κ3) is 4.34. The predicted octanol–water partition coefficient (Wildman–Crippen LogP) is 4.42. The van der Waals surface area contributed by atoms with Gasteiger partial charge in [-0.1, -0.05) is 22.8 Å². The van der Waals surface area contributed by atoms with Gasteiger partial charge in [0.2, 0.25) is 0 Å². The quantitative estimate of drug-likeness (QED) is 0.434. The van der Waals surface area contributed by atoms with E-state index in [1.165, 1.54) is 11.3 Å². The van der Waals surface area contributed by atoms with Gasteiger partial charge in [0.25, 0.3) is 5.91 Å². The summed E-state index contributed by atoms with van der Waals surface area (Å²) in [4.78, 5) is 14.8. The number of thiophene rings is 1. The third-order valence-corrected chi connectivity index (χ3v) is 6.18. The van der Waals surface area contributed by atoms with Gasteiger partial charge in [-0.05, 0) is 37.1 Å². The molecule has 30 heavy (non-hydrogen) atoms. The van der Waals surface area contributed by atoms with E-state index >= 15 is 0 Å². The lowest BCUT2D eigenvalue weighted by molar-refractivity contribution is 0.0951. The molecule has 156 valence electrons. The van der Waals surface area contributed by atoms with Crippen LogP contribution < -0.4 is 10.1 Å². The van der Waals surface area contributed by atoms with Crippen LogP contribution in [0, 0.1) is 5.41 Å². The number of halogens is 1. The van der Waals surface area contributed by atoms with E-state index in [0.717, 1.165) is 37.1 Å². The van der Waals surface area contributed by atoms with Crippen LogP contribution in [0.1, 0.15) is 33.8 Å². The molecule has 1 fully saturated rings. The number of hydrogen-bond donors (Lipinski definition) is 2. The molecule has 1 aliphatic heterocycles. The molecular formula is C21H21ClN4O3S. The van der Waals surface area contributed by atoms with Gasteiger partial charge in [-0.3, -0.25) is 10.2 Å². The Morgan fingerprint density at radius 3 is 2.80 bits per heavy atom. The summed E-state index contributed by atoms with van der Waals surface area (Å²) in [7, 11) is 1.59. The van der Waals surface area contributed by atoms with Crippen molar-refractivity contribution in [1.82, 2.24) is 15.4 Å². The monoisotopic (exact) mass is 444 g/mol. The number of aromatic nitrogens is 1.